The lowest BCUT2D eigenvalue weighted by Crippen LogP contribution is -2.46. The maximum atomic E-state index is 12.9. The molecule has 0 aliphatic carbocycles. The van der Waals surface area contributed by atoms with Gasteiger partial charge in [-0.25, -0.2) is 0 Å². The molecule has 0 aromatic heterocycles. The Morgan fingerprint density at radius 1 is 0.808 bits per heavy atom. The van der Waals surface area contributed by atoms with E-state index < -0.39 is 11.5 Å². The number of benzene rings is 3. The molecule has 0 bridgehead atoms. The number of nitrogens with one attached hydrogen (secondary N) is 1. The summed E-state index contributed by atoms with van der Waals surface area (Å²) in [5.74, 6) is -0.256. The van der Waals surface area contributed by atoms with Gasteiger partial charge in [0.05, 0.1) is 0 Å². The Morgan fingerprint density at radius 2 is 1.31 bits per heavy atom. The highest BCUT2D eigenvalue weighted by Gasteiger charge is 2.39. The second-order valence-corrected chi connectivity index (χ2v) is 6.11. The number of hydrogen-bond donors (Lipinski definition) is 3. The molecule has 4 nitrogen and oxygen atoms in total. The summed E-state index contributed by atoms with van der Waals surface area (Å²) in [6.45, 7) is 0.381. The van der Waals surface area contributed by atoms with E-state index in [-0.39, 0.29) is 5.75 Å². The number of phenolic OH excluding ortho intramolecular Hbond substituents is 1. The van der Waals surface area contributed by atoms with Crippen LogP contribution in [0.15, 0.2) is 84.9 Å². The van der Waals surface area contributed by atoms with Gasteiger partial charge in [0, 0.05) is 6.54 Å². The molecule has 4 heteroatoms. The van der Waals surface area contributed by atoms with Gasteiger partial charge < -0.3 is 15.5 Å². The molecule has 3 aromatic carbocycles. The predicted octanol–water partition coefficient (Wildman–Crippen LogP) is 2.99. The molecule has 0 fully saturated rings. The summed E-state index contributed by atoms with van der Waals surface area (Å²) in [5, 5.41) is 23.5. The monoisotopic (exact) mass is 347 g/mol. The molecule has 0 aliphatic rings. The molecule has 1 amide bonds. The molecule has 3 aromatic rings. The fraction of sp³-hybridized carbons (Fsp3) is 0.136. The summed E-state index contributed by atoms with van der Waals surface area (Å²) in [6.07, 6.45) is 0.603. The molecule has 0 aliphatic heterocycles. The van der Waals surface area contributed by atoms with Crippen molar-refractivity contribution in [3.63, 3.8) is 0 Å². The number of rotatable bonds is 6. The van der Waals surface area contributed by atoms with Crippen LogP contribution in [0.4, 0.5) is 0 Å². The lowest BCUT2D eigenvalue weighted by atomic mass is 9.85. The molecule has 0 saturated heterocycles. The highest BCUT2D eigenvalue weighted by molar-refractivity contribution is 5.90. The van der Waals surface area contributed by atoms with Gasteiger partial charge in [0.1, 0.15) is 5.75 Å². The van der Waals surface area contributed by atoms with Gasteiger partial charge in [-0.3, -0.25) is 4.79 Å². The zero-order valence-electron chi connectivity index (χ0n) is 14.3. The van der Waals surface area contributed by atoms with Gasteiger partial charge in [0.15, 0.2) is 5.60 Å². The third-order valence-corrected chi connectivity index (χ3v) is 4.35. The van der Waals surface area contributed by atoms with Crippen LogP contribution < -0.4 is 5.32 Å². The Hall–Kier alpha value is -3.11. The highest BCUT2D eigenvalue weighted by atomic mass is 16.3. The number of amides is 1. The van der Waals surface area contributed by atoms with E-state index in [1.165, 1.54) is 0 Å². The SMILES string of the molecule is O=C(NCCc1ccc(O)cc1)C(O)(c1ccccc1)c1ccccc1. The number of aromatic hydroxyl groups is 1. The van der Waals surface area contributed by atoms with E-state index in [4.69, 9.17) is 0 Å². The van der Waals surface area contributed by atoms with Crippen molar-refractivity contribution in [2.75, 3.05) is 6.54 Å². The van der Waals surface area contributed by atoms with Crippen molar-refractivity contribution in [3.8, 4) is 5.75 Å². The Labute approximate surface area is 152 Å². The summed E-state index contributed by atoms with van der Waals surface area (Å²) >= 11 is 0. The van der Waals surface area contributed by atoms with E-state index in [2.05, 4.69) is 5.32 Å². The summed E-state index contributed by atoms with van der Waals surface area (Å²) in [6, 6.07) is 24.7. The van der Waals surface area contributed by atoms with E-state index in [0.29, 0.717) is 24.1 Å². The van der Waals surface area contributed by atoms with Crippen molar-refractivity contribution in [2.24, 2.45) is 0 Å². The number of phenols is 1. The van der Waals surface area contributed by atoms with Crippen molar-refractivity contribution >= 4 is 5.91 Å². The van der Waals surface area contributed by atoms with Crippen molar-refractivity contribution in [1.29, 1.82) is 0 Å². The first-order valence-corrected chi connectivity index (χ1v) is 8.50. The molecule has 0 radical (unpaired) electrons. The first-order chi connectivity index (χ1) is 12.6. The van der Waals surface area contributed by atoms with Gasteiger partial charge in [-0.1, -0.05) is 72.8 Å². The summed E-state index contributed by atoms with van der Waals surface area (Å²) in [5.41, 5.74) is 0.282. The first kappa shape index (κ1) is 17.7. The second kappa shape index (κ2) is 7.85. The summed E-state index contributed by atoms with van der Waals surface area (Å²) < 4.78 is 0. The fourth-order valence-corrected chi connectivity index (χ4v) is 2.90. The second-order valence-electron chi connectivity index (χ2n) is 6.11. The zero-order chi connectivity index (χ0) is 18.4. The van der Waals surface area contributed by atoms with Crippen molar-refractivity contribution in [1.82, 2.24) is 5.32 Å². The highest BCUT2D eigenvalue weighted by Crippen LogP contribution is 2.29. The van der Waals surface area contributed by atoms with Gasteiger partial charge in [0.25, 0.3) is 5.91 Å². The molecule has 0 unspecified atom stereocenters. The third kappa shape index (κ3) is 3.76. The van der Waals surface area contributed by atoms with Gasteiger partial charge in [-0.15, -0.1) is 0 Å². The van der Waals surface area contributed by atoms with Gasteiger partial charge in [-0.2, -0.15) is 0 Å². The topological polar surface area (TPSA) is 69.6 Å². The fourth-order valence-electron chi connectivity index (χ4n) is 2.90. The smallest absolute Gasteiger partial charge is 0.261 e. The molecule has 3 rings (SSSR count). The van der Waals surface area contributed by atoms with Gasteiger partial charge in [-0.05, 0) is 35.2 Å². The van der Waals surface area contributed by atoms with E-state index >= 15 is 0 Å². The standard InChI is InChI=1S/C22H21NO3/c24-20-13-11-17(12-14-20)15-16-23-21(25)22(26,18-7-3-1-4-8-18)19-9-5-2-6-10-19/h1-14,24,26H,15-16H2,(H,23,25). The van der Waals surface area contributed by atoms with Crippen LogP contribution in [0.25, 0.3) is 0 Å². The van der Waals surface area contributed by atoms with Crippen molar-refractivity contribution in [2.45, 2.75) is 12.0 Å². The molecule has 0 spiro atoms. The van der Waals surface area contributed by atoms with Crippen LogP contribution in [0.3, 0.4) is 0 Å². The van der Waals surface area contributed by atoms with Crippen LogP contribution in [0, 0.1) is 0 Å². The first-order valence-electron chi connectivity index (χ1n) is 8.50. The van der Waals surface area contributed by atoms with E-state index in [0.717, 1.165) is 5.56 Å². The largest absolute Gasteiger partial charge is 0.508 e. The van der Waals surface area contributed by atoms with Crippen LogP contribution in [0.5, 0.6) is 5.75 Å². The molecule has 0 saturated carbocycles. The van der Waals surface area contributed by atoms with E-state index in [1.807, 2.05) is 24.3 Å². The molecule has 0 heterocycles. The molecular formula is C22H21NO3. The maximum absolute atomic E-state index is 12.9. The average molecular weight is 347 g/mol. The molecular weight excluding hydrogens is 326 g/mol. The van der Waals surface area contributed by atoms with Crippen LogP contribution in [-0.4, -0.2) is 22.7 Å². The lowest BCUT2D eigenvalue weighted by Gasteiger charge is -2.28. The zero-order valence-corrected chi connectivity index (χ0v) is 14.3. The normalized spacial score (nSPS) is 11.1. The van der Waals surface area contributed by atoms with Crippen molar-refractivity contribution in [3.05, 3.63) is 102 Å². The van der Waals surface area contributed by atoms with Crippen molar-refractivity contribution < 1.29 is 15.0 Å². The third-order valence-electron chi connectivity index (χ3n) is 4.35. The number of carbonyl (C=O) groups is 1. The summed E-state index contributed by atoms with van der Waals surface area (Å²) in [7, 11) is 0. The van der Waals surface area contributed by atoms with Gasteiger partial charge >= 0.3 is 0 Å². The summed E-state index contributed by atoms with van der Waals surface area (Å²) in [4.78, 5) is 12.9. The molecule has 132 valence electrons. The molecule has 0 atom stereocenters. The maximum Gasteiger partial charge on any atom is 0.261 e. The van der Waals surface area contributed by atoms with E-state index in [9.17, 15) is 15.0 Å². The van der Waals surface area contributed by atoms with Crippen LogP contribution in [-0.2, 0) is 16.8 Å². The van der Waals surface area contributed by atoms with Crippen LogP contribution in [0.1, 0.15) is 16.7 Å². The van der Waals surface area contributed by atoms with Crippen LogP contribution in [0.2, 0.25) is 0 Å². The minimum absolute atomic E-state index is 0.209. The number of carbonyl (C=O) groups excluding carboxylic acids is 1. The Kier molecular flexibility index (Phi) is 5.34. The average Bonchev–Trinajstić information content (AvgIpc) is 2.70. The molecule has 26 heavy (non-hydrogen) atoms. The minimum atomic E-state index is -1.75. The molecule has 3 N–H and O–H groups in total. The predicted molar refractivity (Wildman–Crippen MR) is 101 cm³/mol. The number of hydrogen-bond acceptors (Lipinski definition) is 3. The minimum Gasteiger partial charge on any atom is -0.508 e. The van der Waals surface area contributed by atoms with E-state index in [1.54, 1.807) is 60.7 Å². The lowest BCUT2D eigenvalue weighted by molar-refractivity contribution is -0.136. The Morgan fingerprint density at radius 3 is 1.81 bits per heavy atom. The number of aliphatic hydroxyl groups is 1. The Balaban J connectivity index is 1.78. The van der Waals surface area contributed by atoms with Gasteiger partial charge in [0.2, 0.25) is 0 Å². The Bertz CT molecular complexity index is 806. The quantitative estimate of drug-likeness (QED) is 0.642. The van der Waals surface area contributed by atoms with Crippen LogP contribution >= 0.6 is 0 Å².